The summed E-state index contributed by atoms with van der Waals surface area (Å²) in [4.78, 5) is 70.0. The first kappa shape index (κ1) is 27.0. The number of carboxylic acids is 3. The van der Waals surface area contributed by atoms with Gasteiger partial charge in [0.25, 0.3) is 0 Å². The number of nitrogens with two attached hydrogens (primary N) is 1. The van der Waals surface area contributed by atoms with Crippen LogP contribution in [0.5, 0.6) is 0 Å². The predicted molar refractivity (Wildman–Crippen MR) is 112 cm³/mol. The summed E-state index contributed by atoms with van der Waals surface area (Å²) in [5, 5.41) is 33.6. The standard InChI is InChI=1S/C20H26N4O9/c1-10(17(29)24-14(20(32)33)7-11-5-3-2-4-6-11)22-19(31)13(9-16(27)28)23-18(30)12(21)8-15(25)26/h2-6,10,12-14H,7-9,21H2,1H3,(H,22,31)(H,23,30)(H,24,29)(H,25,26)(H,27,28)(H,32,33). The Morgan fingerprint density at radius 3 is 1.85 bits per heavy atom. The molecule has 1 aromatic carbocycles. The van der Waals surface area contributed by atoms with Gasteiger partial charge in [-0.1, -0.05) is 30.3 Å². The lowest BCUT2D eigenvalue weighted by Gasteiger charge is -2.22. The molecular weight excluding hydrogens is 440 g/mol. The van der Waals surface area contributed by atoms with Gasteiger partial charge in [0, 0.05) is 6.42 Å². The molecular formula is C20H26N4O9. The Morgan fingerprint density at radius 2 is 1.33 bits per heavy atom. The molecule has 0 saturated carbocycles. The third-order valence-electron chi connectivity index (χ3n) is 4.39. The van der Waals surface area contributed by atoms with Crippen LogP contribution in [-0.2, 0) is 35.2 Å². The molecule has 8 N–H and O–H groups in total. The van der Waals surface area contributed by atoms with E-state index in [1.165, 1.54) is 6.92 Å². The number of benzene rings is 1. The number of carbonyl (C=O) groups is 6. The van der Waals surface area contributed by atoms with Crippen molar-refractivity contribution >= 4 is 35.6 Å². The van der Waals surface area contributed by atoms with Crippen molar-refractivity contribution in [3.05, 3.63) is 35.9 Å². The minimum Gasteiger partial charge on any atom is -0.481 e. The first-order valence-electron chi connectivity index (χ1n) is 9.77. The van der Waals surface area contributed by atoms with Gasteiger partial charge in [0.15, 0.2) is 0 Å². The van der Waals surface area contributed by atoms with Crippen LogP contribution in [0, 0.1) is 0 Å². The van der Waals surface area contributed by atoms with Crippen LogP contribution < -0.4 is 21.7 Å². The molecule has 33 heavy (non-hydrogen) atoms. The number of nitrogens with one attached hydrogen (secondary N) is 3. The number of carbonyl (C=O) groups excluding carboxylic acids is 3. The summed E-state index contributed by atoms with van der Waals surface area (Å²) in [5.74, 6) is -7.08. The van der Waals surface area contributed by atoms with Crippen molar-refractivity contribution in [2.45, 2.75) is 50.4 Å². The average Bonchev–Trinajstić information content (AvgIpc) is 2.72. The van der Waals surface area contributed by atoms with E-state index in [9.17, 15) is 33.9 Å². The lowest BCUT2D eigenvalue weighted by atomic mass is 10.1. The summed E-state index contributed by atoms with van der Waals surface area (Å²) in [6, 6.07) is 2.78. The molecule has 0 bridgehead atoms. The van der Waals surface area contributed by atoms with E-state index >= 15 is 0 Å². The van der Waals surface area contributed by atoms with Crippen molar-refractivity contribution < 1.29 is 44.1 Å². The van der Waals surface area contributed by atoms with Crippen LogP contribution in [0.3, 0.4) is 0 Å². The smallest absolute Gasteiger partial charge is 0.326 e. The van der Waals surface area contributed by atoms with E-state index in [1.54, 1.807) is 30.3 Å². The largest absolute Gasteiger partial charge is 0.481 e. The van der Waals surface area contributed by atoms with Gasteiger partial charge in [-0.15, -0.1) is 0 Å². The molecule has 0 aliphatic rings. The number of hydrogen-bond donors (Lipinski definition) is 7. The maximum absolute atomic E-state index is 12.4. The van der Waals surface area contributed by atoms with Gasteiger partial charge in [0.05, 0.1) is 18.9 Å². The molecule has 0 radical (unpaired) electrons. The monoisotopic (exact) mass is 466 g/mol. The third-order valence-corrected chi connectivity index (χ3v) is 4.39. The summed E-state index contributed by atoms with van der Waals surface area (Å²) in [6.07, 6.45) is -1.62. The Labute approximate surface area is 188 Å². The van der Waals surface area contributed by atoms with Gasteiger partial charge >= 0.3 is 17.9 Å². The van der Waals surface area contributed by atoms with Gasteiger partial charge in [-0.25, -0.2) is 4.79 Å². The zero-order valence-corrected chi connectivity index (χ0v) is 17.7. The van der Waals surface area contributed by atoms with E-state index in [0.29, 0.717) is 5.56 Å². The van der Waals surface area contributed by atoms with Crippen LogP contribution in [0.1, 0.15) is 25.3 Å². The Bertz CT molecular complexity index is 891. The summed E-state index contributed by atoms with van der Waals surface area (Å²) in [7, 11) is 0. The lowest BCUT2D eigenvalue weighted by molar-refractivity contribution is -0.143. The molecule has 0 aromatic heterocycles. The minimum absolute atomic E-state index is 0.0122. The van der Waals surface area contributed by atoms with Crippen LogP contribution in [0.2, 0.25) is 0 Å². The molecule has 13 heteroatoms. The van der Waals surface area contributed by atoms with Crippen molar-refractivity contribution in [3.8, 4) is 0 Å². The van der Waals surface area contributed by atoms with Gasteiger partial charge < -0.3 is 37.0 Å². The lowest BCUT2D eigenvalue weighted by Crippen LogP contribution is -2.57. The summed E-state index contributed by atoms with van der Waals surface area (Å²) in [5.41, 5.74) is 6.06. The average molecular weight is 466 g/mol. The highest BCUT2D eigenvalue weighted by Gasteiger charge is 2.30. The molecule has 1 aromatic rings. The van der Waals surface area contributed by atoms with Gasteiger partial charge in [0.1, 0.15) is 18.1 Å². The zero-order chi connectivity index (χ0) is 25.1. The predicted octanol–water partition coefficient (Wildman–Crippen LogP) is -1.94. The molecule has 0 heterocycles. The van der Waals surface area contributed by atoms with Gasteiger partial charge in [-0.2, -0.15) is 0 Å². The minimum atomic E-state index is -1.65. The number of hydrogen-bond acceptors (Lipinski definition) is 7. The van der Waals surface area contributed by atoms with Crippen molar-refractivity contribution in [1.82, 2.24) is 16.0 Å². The maximum atomic E-state index is 12.4. The van der Waals surface area contributed by atoms with Crippen LogP contribution in [0.25, 0.3) is 0 Å². The van der Waals surface area contributed by atoms with E-state index in [1.807, 2.05) is 5.32 Å². The molecule has 0 aliphatic carbocycles. The van der Waals surface area contributed by atoms with E-state index in [4.69, 9.17) is 15.9 Å². The van der Waals surface area contributed by atoms with Crippen LogP contribution >= 0.6 is 0 Å². The van der Waals surface area contributed by atoms with Crippen molar-refractivity contribution in [2.75, 3.05) is 0 Å². The number of aliphatic carboxylic acids is 3. The van der Waals surface area contributed by atoms with E-state index in [0.717, 1.165) is 0 Å². The van der Waals surface area contributed by atoms with Crippen molar-refractivity contribution in [1.29, 1.82) is 0 Å². The van der Waals surface area contributed by atoms with E-state index in [2.05, 4.69) is 10.6 Å². The first-order chi connectivity index (χ1) is 15.4. The third kappa shape index (κ3) is 9.78. The summed E-state index contributed by atoms with van der Waals surface area (Å²) in [6.45, 7) is 1.24. The Morgan fingerprint density at radius 1 is 0.788 bits per heavy atom. The van der Waals surface area contributed by atoms with Gasteiger partial charge in [0.2, 0.25) is 17.7 Å². The molecule has 3 amide bonds. The molecule has 0 aliphatic heterocycles. The second-order valence-electron chi connectivity index (χ2n) is 7.18. The second-order valence-corrected chi connectivity index (χ2v) is 7.18. The highest BCUT2D eigenvalue weighted by Crippen LogP contribution is 2.04. The van der Waals surface area contributed by atoms with Gasteiger partial charge in [-0.3, -0.25) is 24.0 Å². The molecule has 0 saturated heterocycles. The fourth-order valence-electron chi connectivity index (χ4n) is 2.67. The molecule has 13 nitrogen and oxygen atoms in total. The SMILES string of the molecule is CC(NC(=O)C(CC(=O)O)NC(=O)C(N)CC(=O)O)C(=O)NC(Cc1ccccc1)C(=O)O. The van der Waals surface area contributed by atoms with Crippen LogP contribution in [-0.4, -0.2) is 75.1 Å². The molecule has 180 valence electrons. The van der Waals surface area contributed by atoms with Crippen molar-refractivity contribution in [3.63, 3.8) is 0 Å². The highest BCUT2D eigenvalue weighted by molar-refractivity contribution is 5.96. The van der Waals surface area contributed by atoms with E-state index < -0.39 is 72.6 Å². The Balaban J connectivity index is 2.79. The summed E-state index contributed by atoms with van der Waals surface area (Å²) < 4.78 is 0. The van der Waals surface area contributed by atoms with E-state index in [-0.39, 0.29) is 6.42 Å². The molecule has 0 fully saturated rings. The Hall–Kier alpha value is -4.00. The van der Waals surface area contributed by atoms with Gasteiger partial charge in [-0.05, 0) is 12.5 Å². The highest BCUT2D eigenvalue weighted by atomic mass is 16.4. The molecule has 4 unspecified atom stereocenters. The molecule has 0 spiro atoms. The number of carboxylic acid groups (broad SMARTS) is 3. The normalized spacial score (nSPS) is 14.1. The first-order valence-corrected chi connectivity index (χ1v) is 9.77. The molecule has 4 atom stereocenters. The number of rotatable bonds is 13. The Kier molecular flexibility index (Phi) is 10.5. The number of amides is 3. The molecule has 1 rings (SSSR count). The van der Waals surface area contributed by atoms with Crippen LogP contribution in [0.15, 0.2) is 30.3 Å². The van der Waals surface area contributed by atoms with Crippen molar-refractivity contribution in [2.24, 2.45) is 5.73 Å². The second kappa shape index (κ2) is 12.8. The fourth-order valence-corrected chi connectivity index (χ4v) is 2.67. The topological polar surface area (TPSA) is 225 Å². The zero-order valence-electron chi connectivity index (χ0n) is 17.7. The van der Waals surface area contributed by atoms with Crippen LogP contribution in [0.4, 0.5) is 0 Å². The quantitative estimate of drug-likeness (QED) is 0.170. The summed E-state index contributed by atoms with van der Waals surface area (Å²) >= 11 is 0. The fraction of sp³-hybridized carbons (Fsp3) is 0.400. The maximum Gasteiger partial charge on any atom is 0.326 e.